The monoisotopic (exact) mass is 297 g/mol. The van der Waals surface area contributed by atoms with Crippen molar-refractivity contribution >= 4 is 11.6 Å². The molecule has 1 N–H and O–H groups in total. The van der Waals surface area contributed by atoms with E-state index >= 15 is 0 Å². The molecule has 108 valence electrons. The van der Waals surface area contributed by atoms with Gasteiger partial charge in [-0.05, 0) is 72.1 Å². The van der Waals surface area contributed by atoms with Crippen LogP contribution in [0.25, 0.3) is 11.1 Å². The molecule has 2 heteroatoms. The molecule has 2 aromatic rings. The lowest BCUT2D eigenvalue weighted by atomic mass is 9.96. The van der Waals surface area contributed by atoms with Gasteiger partial charge >= 0.3 is 0 Å². The van der Waals surface area contributed by atoms with Crippen LogP contribution in [0, 0.1) is 0 Å². The first-order chi connectivity index (χ1) is 10.3. The van der Waals surface area contributed by atoms with Crippen molar-refractivity contribution in [1.29, 1.82) is 0 Å². The zero-order valence-corrected chi connectivity index (χ0v) is 12.9. The van der Waals surface area contributed by atoms with E-state index in [0.717, 1.165) is 17.6 Å². The average molecular weight is 298 g/mol. The Balaban J connectivity index is 1.69. The maximum atomic E-state index is 6.24. The molecule has 0 heterocycles. The van der Waals surface area contributed by atoms with E-state index in [1.807, 2.05) is 6.07 Å². The van der Waals surface area contributed by atoms with Gasteiger partial charge in [0.2, 0.25) is 0 Å². The first-order valence-corrected chi connectivity index (χ1v) is 8.31. The first kappa shape index (κ1) is 13.4. The van der Waals surface area contributed by atoms with Crippen LogP contribution in [-0.4, -0.2) is 6.04 Å². The van der Waals surface area contributed by atoms with Crippen LogP contribution in [0.5, 0.6) is 0 Å². The lowest BCUT2D eigenvalue weighted by Crippen LogP contribution is -2.15. The predicted octanol–water partition coefficient (Wildman–Crippen LogP) is 4.75. The number of aryl methyl sites for hydroxylation is 2. The number of rotatable bonds is 4. The van der Waals surface area contributed by atoms with Crippen molar-refractivity contribution in [3.63, 3.8) is 0 Å². The number of benzene rings is 2. The van der Waals surface area contributed by atoms with Gasteiger partial charge in [-0.25, -0.2) is 0 Å². The summed E-state index contributed by atoms with van der Waals surface area (Å²) in [7, 11) is 0. The van der Waals surface area contributed by atoms with Crippen LogP contribution in [0.2, 0.25) is 5.02 Å². The summed E-state index contributed by atoms with van der Waals surface area (Å²) in [4.78, 5) is 0. The first-order valence-electron chi connectivity index (χ1n) is 7.93. The van der Waals surface area contributed by atoms with Crippen LogP contribution in [-0.2, 0) is 19.4 Å². The molecule has 0 saturated heterocycles. The molecule has 0 aliphatic heterocycles. The van der Waals surface area contributed by atoms with Gasteiger partial charge in [-0.15, -0.1) is 0 Å². The van der Waals surface area contributed by atoms with Crippen molar-refractivity contribution in [1.82, 2.24) is 5.32 Å². The Morgan fingerprint density at radius 1 is 1.00 bits per heavy atom. The van der Waals surface area contributed by atoms with Gasteiger partial charge in [-0.3, -0.25) is 0 Å². The summed E-state index contributed by atoms with van der Waals surface area (Å²) in [6.45, 7) is 0.939. The molecule has 0 atom stereocenters. The highest BCUT2D eigenvalue weighted by Crippen LogP contribution is 2.32. The fraction of sp³-hybridized carbons (Fsp3) is 0.368. The van der Waals surface area contributed by atoms with Gasteiger partial charge in [0.05, 0.1) is 0 Å². The fourth-order valence-corrected chi connectivity index (χ4v) is 3.42. The summed E-state index contributed by atoms with van der Waals surface area (Å²) in [6, 6.07) is 13.9. The molecule has 0 unspecified atom stereocenters. The Labute approximate surface area is 131 Å². The number of fused-ring (bicyclic) bond motifs is 1. The Morgan fingerprint density at radius 3 is 2.71 bits per heavy atom. The molecule has 0 aromatic heterocycles. The zero-order valence-electron chi connectivity index (χ0n) is 12.2. The van der Waals surface area contributed by atoms with E-state index < -0.39 is 0 Å². The molecule has 1 fully saturated rings. The highest BCUT2D eigenvalue weighted by molar-refractivity contribution is 6.30. The third kappa shape index (κ3) is 2.86. The molecule has 1 saturated carbocycles. The number of nitrogens with one attached hydrogen (secondary N) is 1. The second-order valence-electron chi connectivity index (χ2n) is 6.29. The average Bonchev–Trinajstić information content (AvgIpc) is 3.21. The Kier molecular flexibility index (Phi) is 3.48. The van der Waals surface area contributed by atoms with Crippen molar-refractivity contribution in [2.45, 2.75) is 44.7 Å². The SMILES string of the molecule is Clc1ccc(CNC2CC2)c(-c2ccc3c(c2)CCC3)c1. The van der Waals surface area contributed by atoms with Crippen LogP contribution < -0.4 is 5.32 Å². The van der Waals surface area contributed by atoms with Crippen molar-refractivity contribution in [2.75, 3.05) is 0 Å². The van der Waals surface area contributed by atoms with Gasteiger partial charge in [-0.1, -0.05) is 35.9 Å². The maximum absolute atomic E-state index is 6.24. The molecule has 1 nitrogen and oxygen atoms in total. The van der Waals surface area contributed by atoms with Crippen molar-refractivity contribution in [3.8, 4) is 11.1 Å². The summed E-state index contributed by atoms with van der Waals surface area (Å²) < 4.78 is 0. The number of hydrogen-bond acceptors (Lipinski definition) is 1. The highest BCUT2D eigenvalue weighted by atomic mass is 35.5. The van der Waals surface area contributed by atoms with Crippen LogP contribution >= 0.6 is 11.6 Å². The lowest BCUT2D eigenvalue weighted by molar-refractivity contribution is 0.689. The van der Waals surface area contributed by atoms with Crippen LogP contribution in [0.1, 0.15) is 36.0 Å². The highest BCUT2D eigenvalue weighted by Gasteiger charge is 2.21. The van der Waals surface area contributed by atoms with Gasteiger partial charge in [0.15, 0.2) is 0 Å². The summed E-state index contributed by atoms with van der Waals surface area (Å²) in [6.07, 6.45) is 6.40. The molecular weight excluding hydrogens is 278 g/mol. The predicted molar refractivity (Wildman–Crippen MR) is 88.8 cm³/mol. The Bertz CT molecular complexity index is 673. The van der Waals surface area contributed by atoms with Gasteiger partial charge in [-0.2, -0.15) is 0 Å². The van der Waals surface area contributed by atoms with E-state index in [-0.39, 0.29) is 0 Å². The summed E-state index contributed by atoms with van der Waals surface area (Å²) in [5.41, 5.74) is 6.99. The largest absolute Gasteiger partial charge is 0.310 e. The molecule has 0 amide bonds. The third-order valence-electron chi connectivity index (χ3n) is 4.64. The third-order valence-corrected chi connectivity index (χ3v) is 4.88. The molecule has 2 aliphatic carbocycles. The lowest BCUT2D eigenvalue weighted by Gasteiger charge is -2.13. The second kappa shape index (κ2) is 5.47. The fourth-order valence-electron chi connectivity index (χ4n) is 3.25. The van der Waals surface area contributed by atoms with Gasteiger partial charge < -0.3 is 5.32 Å². The normalized spacial score (nSPS) is 17.0. The smallest absolute Gasteiger partial charge is 0.0412 e. The molecule has 0 spiro atoms. The van der Waals surface area contributed by atoms with E-state index in [1.54, 1.807) is 0 Å². The number of hydrogen-bond donors (Lipinski definition) is 1. The minimum Gasteiger partial charge on any atom is -0.310 e. The molecular formula is C19H20ClN. The molecule has 0 radical (unpaired) electrons. The van der Waals surface area contributed by atoms with Crippen molar-refractivity contribution < 1.29 is 0 Å². The Morgan fingerprint density at radius 2 is 1.86 bits per heavy atom. The van der Waals surface area contributed by atoms with Crippen LogP contribution in [0.3, 0.4) is 0 Å². The van der Waals surface area contributed by atoms with E-state index in [2.05, 4.69) is 35.6 Å². The Hall–Kier alpha value is -1.31. The van der Waals surface area contributed by atoms with Gasteiger partial charge in [0, 0.05) is 17.6 Å². The van der Waals surface area contributed by atoms with E-state index in [0.29, 0.717) is 0 Å². The van der Waals surface area contributed by atoms with Gasteiger partial charge in [0.25, 0.3) is 0 Å². The minimum absolute atomic E-state index is 0.730. The van der Waals surface area contributed by atoms with Crippen LogP contribution in [0.4, 0.5) is 0 Å². The molecule has 21 heavy (non-hydrogen) atoms. The van der Waals surface area contributed by atoms with E-state index in [4.69, 9.17) is 11.6 Å². The molecule has 2 aliphatic rings. The summed E-state index contributed by atoms with van der Waals surface area (Å²) in [5.74, 6) is 0. The second-order valence-corrected chi connectivity index (χ2v) is 6.73. The molecule has 2 aromatic carbocycles. The van der Waals surface area contributed by atoms with Crippen LogP contribution in [0.15, 0.2) is 36.4 Å². The molecule has 4 rings (SSSR count). The van der Waals surface area contributed by atoms with E-state index in [1.165, 1.54) is 59.9 Å². The minimum atomic E-state index is 0.730. The maximum Gasteiger partial charge on any atom is 0.0412 e. The van der Waals surface area contributed by atoms with E-state index in [9.17, 15) is 0 Å². The van der Waals surface area contributed by atoms with Crippen molar-refractivity contribution in [3.05, 3.63) is 58.1 Å². The zero-order chi connectivity index (χ0) is 14.2. The topological polar surface area (TPSA) is 12.0 Å². The van der Waals surface area contributed by atoms with Gasteiger partial charge in [0.1, 0.15) is 0 Å². The summed E-state index contributed by atoms with van der Waals surface area (Å²) >= 11 is 6.24. The quantitative estimate of drug-likeness (QED) is 0.859. The summed E-state index contributed by atoms with van der Waals surface area (Å²) in [5, 5.41) is 4.43. The number of halogens is 1. The van der Waals surface area contributed by atoms with Crippen molar-refractivity contribution in [2.24, 2.45) is 0 Å². The standard InChI is InChI=1S/C19H20ClN/c20-17-7-6-16(12-21-18-8-9-18)19(11-17)15-5-4-13-2-1-3-14(13)10-15/h4-7,10-11,18,21H,1-3,8-9,12H2. The molecule has 0 bridgehead atoms.